The Hall–Kier alpha value is -1.24. The molecule has 0 aliphatic heterocycles. The lowest BCUT2D eigenvalue weighted by atomic mass is 10.1. The zero-order valence-electron chi connectivity index (χ0n) is 11.4. The lowest BCUT2D eigenvalue weighted by Gasteiger charge is -2.18. The van der Waals surface area contributed by atoms with E-state index in [9.17, 15) is 13.2 Å². The van der Waals surface area contributed by atoms with E-state index in [0.29, 0.717) is 18.4 Å². The topological polar surface area (TPSA) is 63.7 Å². The van der Waals surface area contributed by atoms with Gasteiger partial charge < -0.3 is 0 Å². The van der Waals surface area contributed by atoms with Gasteiger partial charge in [0.05, 0.1) is 12.0 Å². The molecule has 0 aromatic heterocycles. The summed E-state index contributed by atoms with van der Waals surface area (Å²) in [5, 5.41) is 0. The predicted octanol–water partition coefficient (Wildman–Crippen LogP) is 2.24. The van der Waals surface area contributed by atoms with Gasteiger partial charge in [-0.1, -0.05) is 30.4 Å². The third-order valence-electron chi connectivity index (χ3n) is 2.65. The van der Waals surface area contributed by atoms with Crippen LogP contribution in [0.5, 0.6) is 0 Å². The molecule has 0 saturated carbocycles. The Kier molecular flexibility index (Phi) is 5.65. The van der Waals surface area contributed by atoms with E-state index in [0.717, 1.165) is 4.47 Å². The van der Waals surface area contributed by atoms with Crippen LogP contribution < -0.4 is 0 Å². The molecule has 0 N–H and O–H groups in total. The van der Waals surface area contributed by atoms with Crippen LogP contribution in [0.4, 0.5) is 0 Å². The highest BCUT2D eigenvalue weighted by molar-refractivity contribution is 7.89. The second kappa shape index (κ2) is 6.79. The number of hydrogen-bond donors (Lipinski definition) is 0. The lowest BCUT2D eigenvalue weighted by molar-refractivity contribution is -0.0482. The summed E-state index contributed by atoms with van der Waals surface area (Å²) >= 11 is 0. The predicted molar refractivity (Wildman–Crippen MR) is 72.3 cm³/mol. The fraction of sp³-hybridized carbons (Fsp3) is 0.462. The second-order valence-corrected chi connectivity index (χ2v) is 5.85. The maximum atomic E-state index is 12.3. The number of benzene rings is 1. The van der Waals surface area contributed by atoms with Gasteiger partial charge in [0.1, 0.15) is 0 Å². The third-order valence-corrected chi connectivity index (χ3v) is 4.37. The summed E-state index contributed by atoms with van der Waals surface area (Å²) < 4.78 is 25.5. The minimum Gasteiger partial charge on any atom is -0.294 e. The van der Waals surface area contributed by atoms with Crippen LogP contribution in [-0.4, -0.2) is 32.3 Å². The van der Waals surface area contributed by atoms with Crippen molar-refractivity contribution in [3.8, 4) is 0 Å². The SMILES string of the molecule is CCCN(OC)S(=O)(=O)c1cccc(C(=O)CC)c1. The molecule has 0 radical (unpaired) electrons. The van der Waals surface area contributed by atoms with Crippen LogP contribution in [0.1, 0.15) is 37.0 Å². The van der Waals surface area contributed by atoms with Gasteiger partial charge in [-0.25, -0.2) is 8.42 Å². The maximum absolute atomic E-state index is 12.3. The standard InChI is InChI=1S/C13H19NO4S/c1-4-9-14(18-3)19(16,17)12-8-6-7-11(10-12)13(15)5-2/h6-8,10H,4-5,9H2,1-3H3. The van der Waals surface area contributed by atoms with E-state index in [2.05, 4.69) is 0 Å². The molecule has 1 aromatic rings. The first-order valence-electron chi connectivity index (χ1n) is 6.17. The summed E-state index contributed by atoms with van der Waals surface area (Å²) in [4.78, 5) is 16.6. The Balaban J connectivity index is 3.17. The molecule has 0 bridgehead atoms. The van der Waals surface area contributed by atoms with Crippen LogP contribution >= 0.6 is 0 Å². The molecule has 0 amide bonds. The van der Waals surface area contributed by atoms with E-state index in [1.165, 1.54) is 19.2 Å². The zero-order chi connectivity index (χ0) is 14.5. The molecule has 0 saturated heterocycles. The summed E-state index contributed by atoms with van der Waals surface area (Å²) in [6, 6.07) is 6.03. The molecule has 0 aliphatic rings. The van der Waals surface area contributed by atoms with Crippen LogP contribution in [0.3, 0.4) is 0 Å². The van der Waals surface area contributed by atoms with Crippen LogP contribution in [0, 0.1) is 0 Å². The molecule has 19 heavy (non-hydrogen) atoms. The molecular weight excluding hydrogens is 266 g/mol. The van der Waals surface area contributed by atoms with Gasteiger partial charge >= 0.3 is 0 Å². The first-order chi connectivity index (χ1) is 8.97. The van der Waals surface area contributed by atoms with Crippen molar-refractivity contribution >= 4 is 15.8 Å². The van der Waals surface area contributed by atoms with Crippen LogP contribution in [0.25, 0.3) is 0 Å². The van der Waals surface area contributed by atoms with Gasteiger partial charge in [-0.15, -0.1) is 0 Å². The number of hydrogen-bond acceptors (Lipinski definition) is 4. The number of rotatable bonds is 7. The van der Waals surface area contributed by atoms with E-state index >= 15 is 0 Å². The van der Waals surface area contributed by atoms with Crippen molar-refractivity contribution in [2.75, 3.05) is 13.7 Å². The molecular formula is C13H19NO4S. The van der Waals surface area contributed by atoms with Crippen molar-refractivity contribution in [1.82, 2.24) is 4.47 Å². The van der Waals surface area contributed by atoms with E-state index in [1.807, 2.05) is 6.92 Å². The molecule has 1 aromatic carbocycles. The van der Waals surface area contributed by atoms with Crippen LogP contribution in [-0.2, 0) is 14.9 Å². The molecule has 6 heteroatoms. The summed E-state index contributed by atoms with van der Waals surface area (Å²) in [6.45, 7) is 3.87. The molecule has 0 aliphatic carbocycles. The van der Waals surface area contributed by atoms with Crippen molar-refractivity contribution in [1.29, 1.82) is 0 Å². The number of sulfonamides is 1. The average molecular weight is 285 g/mol. The molecule has 0 fully saturated rings. The number of ketones is 1. The van der Waals surface area contributed by atoms with E-state index < -0.39 is 10.0 Å². The average Bonchev–Trinajstić information content (AvgIpc) is 2.43. The van der Waals surface area contributed by atoms with E-state index in [-0.39, 0.29) is 17.2 Å². The Labute approximate surface area is 114 Å². The summed E-state index contributed by atoms with van der Waals surface area (Å²) in [5.74, 6) is -0.0866. The fourth-order valence-electron chi connectivity index (χ4n) is 1.64. The van der Waals surface area contributed by atoms with Crippen LogP contribution in [0.2, 0.25) is 0 Å². The van der Waals surface area contributed by atoms with E-state index in [1.54, 1.807) is 19.1 Å². The fourth-order valence-corrected chi connectivity index (χ4v) is 3.02. The van der Waals surface area contributed by atoms with Gasteiger partial charge in [0, 0.05) is 18.5 Å². The number of nitrogens with zero attached hydrogens (tertiary/aromatic N) is 1. The molecule has 1 rings (SSSR count). The van der Waals surface area contributed by atoms with Gasteiger partial charge in [-0.3, -0.25) is 9.63 Å². The molecule has 106 valence electrons. The number of Topliss-reactive ketones (excluding diaryl/α,β-unsaturated/α-hetero) is 1. The monoisotopic (exact) mass is 285 g/mol. The Morgan fingerprint density at radius 1 is 1.32 bits per heavy atom. The Morgan fingerprint density at radius 3 is 2.53 bits per heavy atom. The number of hydroxylamine groups is 1. The smallest absolute Gasteiger partial charge is 0.265 e. The van der Waals surface area contributed by atoms with Gasteiger partial charge in [0.15, 0.2) is 5.78 Å². The van der Waals surface area contributed by atoms with Gasteiger partial charge in [-0.05, 0) is 18.6 Å². The maximum Gasteiger partial charge on any atom is 0.265 e. The Morgan fingerprint density at radius 2 is 2.00 bits per heavy atom. The summed E-state index contributed by atoms with van der Waals surface area (Å²) in [6.07, 6.45) is 0.979. The van der Waals surface area contributed by atoms with Gasteiger partial charge in [-0.2, -0.15) is 0 Å². The molecule has 0 heterocycles. The van der Waals surface area contributed by atoms with Crippen molar-refractivity contribution in [2.24, 2.45) is 0 Å². The van der Waals surface area contributed by atoms with E-state index in [4.69, 9.17) is 4.84 Å². The lowest BCUT2D eigenvalue weighted by Crippen LogP contribution is -2.30. The highest BCUT2D eigenvalue weighted by Gasteiger charge is 2.24. The minimum atomic E-state index is -3.72. The quantitative estimate of drug-likeness (QED) is 0.569. The Bertz CT molecular complexity index is 539. The van der Waals surface area contributed by atoms with Gasteiger partial charge in [0.25, 0.3) is 10.0 Å². The third kappa shape index (κ3) is 3.62. The normalized spacial score (nSPS) is 11.8. The molecule has 0 atom stereocenters. The minimum absolute atomic E-state index is 0.0714. The van der Waals surface area contributed by atoms with Gasteiger partial charge in [0.2, 0.25) is 0 Å². The zero-order valence-corrected chi connectivity index (χ0v) is 12.2. The second-order valence-electron chi connectivity index (χ2n) is 4.02. The van der Waals surface area contributed by atoms with Crippen molar-refractivity contribution in [3.63, 3.8) is 0 Å². The first-order valence-corrected chi connectivity index (χ1v) is 7.61. The molecule has 0 unspecified atom stereocenters. The van der Waals surface area contributed by atoms with Crippen molar-refractivity contribution in [2.45, 2.75) is 31.6 Å². The largest absolute Gasteiger partial charge is 0.294 e. The van der Waals surface area contributed by atoms with Crippen molar-refractivity contribution < 1.29 is 18.0 Å². The highest BCUT2D eigenvalue weighted by Crippen LogP contribution is 2.18. The summed E-state index contributed by atoms with van der Waals surface area (Å²) in [5.41, 5.74) is 0.399. The number of carbonyl (C=O) groups is 1. The summed E-state index contributed by atoms with van der Waals surface area (Å²) in [7, 11) is -2.40. The molecule has 5 nitrogen and oxygen atoms in total. The van der Waals surface area contributed by atoms with Crippen LogP contribution in [0.15, 0.2) is 29.2 Å². The highest BCUT2D eigenvalue weighted by atomic mass is 32.2. The molecule has 0 spiro atoms. The van der Waals surface area contributed by atoms with Crippen molar-refractivity contribution in [3.05, 3.63) is 29.8 Å². The number of carbonyl (C=O) groups excluding carboxylic acids is 1. The first kappa shape index (κ1) is 15.8.